The van der Waals surface area contributed by atoms with Gasteiger partial charge in [0.05, 0.1) is 0 Å². The van der Waals surface area contributed by atoms with Gasteiger partial charge in [-0.3, -0.25) is 4.79 Å². The molecule has 1 heterocycles. The molecule has 1 amide bonds. The largest absolute Gasteiger partial charge is 0.480 e. The molecule has 1 atom stereocenters. The van der Waals surface area contributed by atoms with Gasteiger partial charge in [0.25, 0.3) is 5.91 Å². The van der Waals surface area contributed by atoms with Gasteiger partial charge in [-0.2, -0.15) is 0 Å². The lowest BCUT2D eigenvalue weighted by atomic mass is 10.1. The van der Waals surface area contributed by atoms with Gasteiger partial charge in [-0.05, 0) is 24.5 Å². The molecule has 5 heteroatoms. The van der Waals surface area contributed by atoms with Crippen molar-refractivity contribution >= 4 is 11.9 Å². The molecule has 1 saturated heterocycles. The van der Waals surface area contributed by atoms with E-state index in [1.807, 2.05) is 6.07 Å². The first kappa shape index (κ1) is 12.6. The maximum Gasteiger partial charge on any atom is 0.326 e. The predicted molar refractivity (Wildman–Crippen MR) is 66.0 cm³/mol. The van der Waals surface area contributed by atoms with E-state index in [2.05, 4.69) is 0 Å². The lowest BCUT2D eigenvalue weighted by molar-refractivity contribution is -0.141. The van der Waals surface area contributed by atoms with Gasteiger partial charge in [-0.25, -0.2) is 4.79 Å². The van der Waals surface area contributed by atoms with Crippen molar-refractivity contribution in [3.8, 4) is 0 Å². The van der Waals surface area contributed by atoms with Crippen LogP contribution in [0.4, 0.5) is 0 Å². The summed E-state index contributed by atoms with van der Waals surface area (Å²) in [5.74, 6) is -1.17. The Kier molecular flexibility index (Phi) is 3.62. The molecule has 3 N–H and O–H groups in total. The molecule has 1 aliphatic heterocycles. The minimum Gasteiger partial charge on any atom is -0.480 e. The van der Waals surface area contributed by atoms with E-state index in [-0.39, 0.29) is 12.5 Å². The number of hydrogen-bond acceptors (Lipinski definition) is 3. The van der Waals surface area contributed by atoms with Crippen molar-refractivity contribution in [3.05, 3.63) is 35.4 Å². The van der Waals surface area contributed by atoms with Gasteiger partial charge < -0.3 is 15.7 Å². The zero-order valence-corrected chi connectivity index (χ0v) is 10.0. The van der Waals surface area contributed by atoms with Gasteiger partial charge in [0, 0.05) is 18.7 Å². The molecule has 1 fully saturated rings. The van der Waals surface area contributed by atoms with Crippen LogP contribution in [0, 0.1) is 0 Å². The zero-order chi connectivity index (χ0) is 13.1. The van der Waals surface area contributed by atoms with Crippen LogP contribution >= 0.6 is 0 Å². The fourth-order valence-corrected chi connectivity index (χ4v) is 2.33. The van der Waals surface area contributed by atoms with E-state index in [1.54, 1.807) is 18.2 Å². The molecule has 1 aliphatic rings. The first-order valence-electron chi connectivity index (χ1n) is 5.97. The summed E-state index contributed by atoms with van der Waals surface area (Å²) >= 11 is 0. The van der Waals surface area contributed by atoms with Crippen molar-refractivity contribution in [2.24, 2.45) is 5.73 Å². The van der Waals surface area contributed by atoms with Crippen molar-refractivity contribution in [2.45, 2.75) is 25.4 Å². The number of carbonyl (C=O) groups excluding carboxylic acids is 1. The molecule has 18 heavy (non-hydrogen) atoms. The Bertz CT molecular complexity index is 473. The van der Waals surface area contributed by atoms with Crippen LogP contribution in [-0.4, -0.2) is 34.5 Å². The molecule has 96 valence electrons. The third-order valence-corrected chi connectivity index (χ3v) is 3.27. The maximum atomic E-state index is 12.3. The highest BCUT2D eigenvalue weighted by Crippen LogP contribution is 2.21. The first-order chi connectivity index (χ1) is 8.65. The number of carboxylic acids is 1. The highest BCUT2D eigenvalue weighted by Gasteiger charge is 2.34. The summed E-state index contributed by atoms with van der Waals surface area (Å²) in [6.45, 7) is 0.766. The van der Waals surface area contributed by atoms with Crippen LogP contribution in [0.3, 0.4) is 0 Å². The number of rotatable bonds is 3. The van der Waals surface area contributed by atoms with Gasteiger partial charge >= 0.3 is 5.97 Å². The van der Waals surface area contributed by atoms with E-state index in [1.165, 1.54) is 4.90 Å². The number of nitrogens with two attached hydrogens (primary N) is 1. The lowest BCUT2D eigenvalue weighted by Crippen LogP contribution is -2.40. The number of hydrogen-bond donors (Lipinski definition) is 2. The monoisotopic (exact) mass is 248 g/mol. The van der Waals surface area contributed by atoms with Gasteiger partial charge in [-0.1, -0.05) is 18.2 Å². The van der Waals surface area contributed by atoms with Crippen molar-refractivity contribution in [3.63, 3.8) is 0 Å². The van der Waals surface area contributed by atoms with Crippen molar-refractivity contribution in [1.82, 2.24) is 4.90 Å². The third kappa shape index (κ3) is 2.22. The van der Waals surface area contributed by atoms with E-state index in [4.69, 9.17) is 10.8 Å². The molecular weight excluding hydrogens is 232 g/mol. The predicted octanol–water partition coefficient (Wildman–Crippen LogP) is 0.835. The van der Waals surface area contributed by atoms with Gasteiger partial charge in [0.1, 0.15) is 6.04 Å². The molecule has 0 aromatic heterocycles. The van der Waals surface area contributed by atoms with Gasteiger partial charge in [0.15, 0.2) is 0 Å². The molecule has 0 bridgehead atoms. The van der Waals surface area contributed by atoms with Crippen LogP contribution in [0.2, 0.25) is 0 Å². The van der Waals surface area contributed by atoms with E-state index in [0.717, 1.165) is 12.0 Å². The smallest absolute Gasteiger partial charge is 0.326 e. The summed E-state index contributed by atoms with van der Waals surface area (Å²) in [5.41, 5.74) is 6.85. The van der Waals surface area contributed by atoms with Gasteiger partial charge in [0.2, 0.25) is 0 Å². The SMILES string of the molecule is NCc1ccccc1C(=O)N1CCCC1C(=O)O. The minimum atomic E-state index is -0.939. The maximum absolute atomic E-state index is 12.3. The first-order valence-corrected chi connectivity index (χ1v) is 5.97. The topological polar surface area (TPSA) is 83.6 Å². The summed E-state index contributed by atoms with van der Waals surface area (Å²) in [6.07, 6.45) is 1.25. The Morgan fingerprint density at radius 3 is 2.78 bits per heavy atom. The fraction of sp³-hybridized carbons (Fsp3) is 0.385. The summed E-state index contributed by atoms with van der Waals surface area (Å²) in [4.78, 5) is 24.9. The number of aliphatic carboxylic acids is 1. The Hall–Kier alpha value is -1.88. The highest BCUT2D eigenvalue weighted by molar-refractivity contribution is 5.98. The van der Waals surface area contributed by atoms with Crippen LogP contribution in [0.15, 0.2) is 24.3 Å². The number of amides is 1. The number of nitrogens with zero attached hydrogens (tertiary/aromatic N) is 1. The summed E-state index contributed by atoms with van der Waals surface area (Å²) < 4.78 is 0. The van der Waals surface area contributed by atoms with Crippen molar-refractivity contribution < 1.29 is 14.7 Å². The molecule has 0 saturated carbocycles. The second kappa shape index (κ2) is 5.18. The fourth-order valence-electron chi connectivity index (χ4n) is 2.33. The molecule has 1 aromatic carbocycles. The normalized spacial score (nSPS) is 18.9. The van der Waals surface area contributed by atoms with E-state index < -0.39 is 12.0 Å². The van der Waals surface area contributed by atoms with E-state index >= 15 is 0 Å². The summed E-state index contributed by atoms with van der Waals surface area (Å²) in [6, 6.07) is 6.36. The number of carboxylic acid groups (broad SMARTS) is 1. The lowest BCUT2D eigenvalue weighted by Gasteiger charge is -2.22. The molecule has 0 aliphatic carbocycles. The molecule has 5 nitrogen and oxygen atoms in total. The number of benzene rings is 1. The van der Waals surface area contributed by atoms with Crippen molar-refractivity contribution in [2.75, 3.05) is 6.54 Å². The zero-order valence-electron chi connectivity index (χ0n) is 10.0. The Morgan fingerprint density at radius 1 is 1.39 bits per heavy atom. The molecule has 1 unspecified atom stereocenters. The quantitative estimate of drug-likeness (QED) is 0.830. The molecule has 0 spiro atoms. The van der Waals surface area contributed by atoms with Crippen LogP contribution < -0.4 is 5.73 Å². The highest BCUT2D eigenvalue weighted by atomic mass is 16.4. The Balaban J connectivity index is 2.28. The Labute approximate surface area is 105 Å². The second-order valence-corrected chi connectivity index (χ2v) is 4.36. The average Bonchev–Trinajstić information content (AvgIpc) is 2.87. The standard InChI is InChI=1S/C13H16N2O3/c14-8-9-4-1-2-5-10(9)12(16)15-7-3-6-11(15)13(17)18/h1-2,4-5,11H,3,6-8,14H2,(H,17,18). The van der Waals surface area contributed by atoms with Crippen LogP contribution in [0.25, 0.3) is 0 Å². The second-order valence-electron chi connectivity index (χ2n) is 4.36. The summed E-state index contributed by atoms with van der Waals surface area (Å²) in [7, 11) is 0. The Morgan fingerprint density at radius 2 is 2.11 bits per heavy atom. The van der Waals surface area contributed by atoms with Crippen LogP contribution in [0.1, 0.15) is 28.8 Å². The van der Waals surface area contributed by atoms with Crippen LogP contribution in [-0.2, 0) is 11.3 Å². The number of carbonyl (C=O) groups is 2. The van der Waals surface area contributed by atoms with Gasteiger partial charge in [-0.15, -0.1) is 0 Å². The van der Waals surface area contributed by atoms with Crippen molar-refractivity contribution in [1.29, 1.82) is 0 Å². The minimum absolute atomic E-state index is 0.235. The molecule has 1 aromatic rings. The summed E-state index contributed by atoms with van der Waals surface area (Å²) in [5, 5.41) is 9.09. The molecule has 0 radical (unpaired) electrons. The average molecular weight is 248 g/mol. The molecule has 2 rings (SSSR count). The van der Waals surface area contributed by atoms with Crippen LogP contribution in [0.5, 0.6) is 0 Å². The van der Waals surface area contributed by atoms with E-state index in [0.29, 0.717) is 18.5 Å². The third-order valence-electron chi connectivity index (χ3n) is 3.27. The molecular formula is C13H16N2O3. The number of likely N-dealkylation sites (tertiary alicyclic amines) is 1. The van der Waals surface area contributed by atoms with E-state index in [9.17, 15) is 9.59 Å².